The highest BCUT2D eigenvalue weighted by molar-refractivity contribution is 6.29. The van der Waals surface area contributed by atoms with Gasteiger partial charge in [-0.2, -0.15) is 0 Å². The quantitative estimate of drug-likeness (QED) is 0.496. The first-order valence-corrected chi connectivity index (χ1v) is 9.31. The molecule has 4 atom stereocenters. The molecule has 0 spiro atoms. The maximum Gasteiger partial charge on any atom is 0.233 e. The SMILES string of the molecule is O=C1C2C3C=CC(C3)C2C(=O)N1CCNc1cc(Cl)nc(C2CC2)n1. The zero-order valence-electron chi connectivity index (χ0n) is 13.7. The third kappa shape index (κ3) is 2.46. The van der Waals surface area contributed by atoms with E-state index in [1.165, 1.54) is 4.90 Å². The molecule has 7 heteroatoms. The number of nitrogens with zero attached hydrogens (tertiary/aromatic N) is 3. The second kappa shape index (κ2) is 5.53. The van der Waals surface area contributed by atoms with Crippen molar-refractivity contribution < 1.29 is 9.59 Å². The van der Waals surface area contributed by atoms with Gasteiger partial charge in [0, 0.05) is 25.1 Å². The maximum atomic E-state index is 12.6. The first-order chi connectivity index (χ1) is 12.1. The third-order valence-electron chi connectivity index (χ3n) is 5.86. The number of imide groups is 1. The largest absolute Gasteiger partial charge is 0.368 e. The smallest absolute Gasteiger partial charge is 0.233 e. The van der Waals surface area contributed by atoms with Crippen LogP contribution in [0, 0.1) is 23.7 Å². The lowest BCUT2D eigenvalue weighted by Crippen LogP contribution is -2.36. The molecule has 3 aliphatic carbocycles. The molecule has 130 valence electrons. The lowest BCUT2D eigenvalue weighted by atomic mass is 9.85. The molecule has 4 aliphatic rings. The fraction of sp³-hybridized carbons (Fsp3) is 0.556. The van der Waals surface area contributed by atoms with Gasteiger partial charge in [-0.05, 0) is 31.1 Å². The zero-order valence-corrected chi connectivity index (χ0v) is 14.4. The first kappa shape index (κ1) is 15.3. The monoisotopic (exact) mass is 358 g/mol. The van der Waals surface area contributed by atoms with E-state index in [-0.39, 0.29) is 35.5 Å². The molecule has 2 amide bonds. The van der Waals surface area contributed by atoms with Crippen molar-refractivity contribution >= 4 is 29.2 Å². The van der Waals surface area contributed by atoms with Crippen LogP contribution < -0.4 is 5.32 Å². The van der Waals surface area contributed by atoms with Crippen molar-refractivity contribution in [2.45, 2.75) is 25.2 Å². The van der Waals surface area contributed by atoms with Gasteiger partial charge in [-0.3, -0.25) is 14.5 Å². The number of carbonyl (C=O) groups excluding carboxylic acids is 2. The summed E-state index contributed by atoms with van der Waals surface area (Å²) < 4.78 is 0. The van der Waals surface area contributed by atoms with E-state index in [2.05, 4.69) is 27.4 Å². The highest BCUT2D eigenvalue weighted by Gasteiger charge is 2.58. The van der Waals surface area contributed by atoms with Gasteiger partial charge in [0.25, 0.3) is 0 Å². The van der Waals surface area contributed by atoms with E-state index in [4.69, 9.17) is 11.6 Å². The van der Waals surface area contributed by atoms with Crippen molar-refractivity contribution in [3.8, 4) is 0 Å². The minimum absolute atomic E-state index is 0.00645. The molecule has 2 heterocycles. The summed E-state index contributed by atoms with van der Waals surface area (Å²) in [5.74, 6) is 2.10. The molecule has 4 unspecified atom stereocenters. The first-order valence-electron chi connectivity index (χ1n) is 8.94. The summed E-state index contributed by atoms with van der Waals surface area (Å²) in [4.78, 5) is 35.4. The molecule has 1 N–H and O–H groups in total. The van der Waals surface area contributed by atoms with Crippen LogP contribution in [0.5, 0.6) is 0 Å². The minimum atomic E-state index is -0.127. The number of carbonyl (C=O) groups is 2. The Hall–Kier alpha value is -1.95. The van der Waals surface area contributed by atoms with Gasteiger partial charge < -0.3 is 5.32 Å². The van der Waals surface area contributed by atoms with E-state index in [1.54, 1.807) is 6.07 Å². The molecule has 25 heavy (non-hydrogen) atoms. The van der Waals surface area contributed by atoms with Gasteiger partial charge in [-0.15, -0.1) is 0 Å². The molecule has 6 nitrogen and oxygen atoms in total. The molecule has 5 rings (SSSR count). The zero-order chi connectivity index (χ0) is 17.1. The number of rotatable bonds is 5. The average molecular weight is 359 g/mol. The van der Waals surface area contributed by atoms with Gasteiger partial charge >= 0.3 is 0 Å². The van der Waals surface area contributed by atoms with Crippen LogP contribution in [0.2, 0.25) is 5.15 Å². The molecular weight excluding hydrogens is 340 g/mol. The Balaban J connectivity index is 1.24. The summed E-state index contributed by atoms with van der Waals surface area (Å²) in [5, 5.41) is 3.60. The van der Waals surface area contributed by atoms with E-state index in [0.717, 1.165) is 25.1 Å². The van der Waals surface area contributed by atoms with E-state index >= 15 is 0 Å². The van der Waals surface area contributed by atoms with E-state index < -0.39 is 0 Å². The summed E-state index contributed by atoms with van der Waals surface area (Å²) >= 11 is 6.06. The predicted octanol–water partition coefficient (Wildman–Crippen LogP) is 2.23. The molecule has 1 aromatic heterocycles. The van der Waals surface area contributed by atoms with Gasteiger partial charge in [-0.1, -0.05) is 23.8 Å². The van der Waals surface area contributed by atoms with Gasteiger partial charge in [-0.25, -0.2) is 9.97 Å². The van der Waals surface area contributed by atoms with Crippen molar-refractivity contribution in [1.29, 1.82) is 0 Å². The summed E-state index contributed by atoms with van der Waals surface area (Å²) in [6.07, 6.45) is 7.40. The third-order valence-corrected chi connectivity index (χ3v) is 6.05. The van der Waals surface area contributed by atoms with Crippen LogP contribution in [-0.2, 0) is 9.59 Å². The number of nitrogens with one attached hydrogen (secondary N) is 1. The van der Waals surface area contributed by atoms with Crippen LogP contribution in [0.3, 0.4) is 0 Å². The molecule has 1 aliphatic heterocycles. The standard InChI is InChI=1S/C18H19ClN4O2/c19-12-8-13(22-16(21-12)9-1-2-9)20-5-6-23-17(24)14-10-3-4-11(7-10)15(14)18(23)25/h3-4,8-11,14-15H,1-2,5-7H2,(H,20,21,22). The van der Waals surface area contributed by atoms with Crippen molar-refractivity contribution in [3.05, 3.63) is 29.2 Å². The fourth-order valence-electron chi connectivity index (χ4n) is 4.53. The van der Waals surface area contributed by atoms with Crippen LogP contribution in [0.1, 0.15) is 31.0 Å². The van der Waals surface area contributed by atoms with Gasteiger partial charge in [0.1, 0.15) is 16.8 Å². The predicted molar refractivity (Wildman–Crippen MR) is 91.9 cm³/mol. The van der Waals surface area contributed by atoms with Crippen molar-refractivity contribution in [3.63, 3.8) is 0 Å². The Bertz CT molecular complexity index is 761. The van der Waals surface area contributed by atoms with E-state index in [9.17, 15) is 9.59 Å². The second-order valence-electron chi connectivity index (χ2n) is 7.46. The van der Waals surface area contributed by atoms with Crippen LogP contribution in [-0.4, -0.2) is 39.8 Å². The van der Waals surface area contributed by atoms with Crippen molar-refractivity contribution in [2.24, 2.45) is 23.7 Å². The Kier molecular flexibility index (Phi) is 3.39. The molecule has 0 radical (unpaired) electrons. The Morgan fingerprint density at radius 2 is 1.80 bits per heavy atom. The van der Waals surface area contributed by atoms with Gasteiger partial charge in [0.05, 0.1) is 11.8 Å². The van der Waals surface area contributed by atoms with Crippen LogP contribution >= 0.6 is 11.6 Å². The number of hydrogen-bond acceptors (Lipinski definition) is 5. The number of allylic oxidation sites excluding steroid dienone is 2. The average Bonchev–Trinajstić information content (AvgIpc) is 3.17. The summed E-state index contributed by atoms with van der Waals surface area (Å²) in [5.41, 5.74) is 0. The number of halogens is 1. The lowest BCUT2D eigenvalue weighted by molar-refractivity contribution is -0.140. The van der Waals surface area contributed by atoms with Crippen LogP contribution in [0.4, 0.5) is 5.82 Å². The molecular formula is C18H19ClN4O2. The number of fused-ring (bicyclic) bond motifs is 5. The summed E-state index contributed by atoms with van der Waals surface area (Å²) in [6.45, 7) is 0.835. The maximum absolute atomic E-state index is 12.6. The molecule has 2 bridgehead atoms. The van der Waals surface area contributed by atoms with Gasteiger partial charge in [0.15, 0.2) is 0 Å². The topological polar surface area (TPSA) is 75.2 Å². The highest BCUT2D eigenvalue weighted by atomic mass is 35.5. The number of hydrogen-bond donors (Lipinski definition) is 1. The number of aromatic nitrogens is 2. The summed E-state index contributed by atoms with van der Waals surface area (Å²) in [7, 11) is 0. The van der Waals surface area contributed by atoms with E-state index in [0.29, 0.717) is 30.0 Å². The van der Waals surface area contributed by atoms with Crippen LogP contribution in [0.25, 0.3) is 0 Å². The Morgan fingerprint density at radius 3 is 2.44 bits per heavy atom. The normalized spacial score (nSPS) is 32.6. The molecule has 2 saturated carbocycles. The lowest BCUT2D eigenvalue weighted by Gasteiger charge is -2.17. The van der Waals surface area contributed by atoms with Gasteiger partial charge in [0.2, 0.25) is 11.8 Å². The second-order valence-corrected chi connectivity index (χ2v) is 7.85. The number of amides is 2. The summed E-state index contributed by atoms with van der Waals surface area (Å²) in [6, 6.07) is 1.68. The minimum Gasteiger partial charge on any atom is -0.368 e. The fourth-order valence-corrected chi connectivity index (χ4v) is 4.72. The Morgan fingerprint density at radius 1 is 1.12 bits per heavy atom. The molecule has 3 fully saturated rings. The van der Waals surface area contributed by atoms with Crippen LogP contribution in [0.15, 0.2) is 18.2 Å². The van der Waals surface area contributed by atoms with Crippen molar-refractivity contribution in [2.75, 3.05) is 18.4 Å². The molecule has 1 saturated heterocycles. The number of anilines is 1. The molecule has 0 aromatic carbocycles. The highest BCUT2D eigenvalue weighted by Crippen LogP contribution is 2.52. The van der Waals surface area contributed by atoms with E-state index in [1.807, 2.05) is 0 Å². The van der Waals surface area contributed by atoms with Crippen molar-refractivity contribution in [1.82, 2.24) is 14.9 Å². The molecule has 1 aromatic rings. The Labute approximate surface area is 150 Å². The number of likely N-dealkylation sites (tertiary alicyclic amines) is 1.